The maximum Gasteiger partial charge on any atom is 0.329 e. The van der Waals surface area contributed by atoms with Gasteiger partial charge in [0.25, 0.3) is 0 Å². The van der Waals surface area contributed by atoms with Crippen molar-refractivity contribution in [2.45, 2.75) is 38.3 Å². The Morgan fingerprint density at radius 1 is 0.767 bits per heavy atom. The van der Waals surface area contributed by atoms with Crippen LogP contribution >= 0.6 is 0 Å². The molecule has 0 saturated carbocycles. The predicted octanol–water partition coefficient (Wildman–Crippen LogP) is 6.41. The number of carboxylic acids is 1. The summed E-state index contributed by atoms with van der Waals surface area (Å²) in [6.45, 7) is 3.99. The van der Waals surface area contributed by atoms with Gasteiger partial charge in [0.05, 0.1) is 17.5 Å². The minimum Gasteiger partial charge on any atom is -0.480 e. The number of rotatable bonds is 8. The van der Waals surface area contributed by atoms with E-state index >= 15 is 0 Å². The minimum atomic E-state index is -1.78. The van der Waals surface area contributed by atoms with Crippen LogP contribution in [0.4, 0.5) is 5.69 Å². The Morgan fingerprint density at radius 2 is 1.33 bits per heavy atom. The number of amides is 2. The van der Waals surface area contributed by atoms with Crippen molar-refractivity contribution >= 4 is 35.6 Å². The fraction of sp³-hybridized carbons (Fsp3) is 0.216. The highest BCUT2D eigenvalue weighted by atomic mass is 16.4. The third-order valence-electron chi connectivity index (χ3n) is 8.88. The smallest absolute Gasteiger partial charge is 0.329 e. The SMILES string of the molecule is CCc1cccc(CC)c1N1C(=O)C2C(c3ccc(C=Cc4ccccc4)cc3)NC(C(=O)O)(c3ccccc3)C2C1=O. The van der Waals surface area contributed by atoms with Gasteiger partial charge >= 0.3 is 5.97 Å². The average Bonchev–Trinajstić information content (AvgIpc) is 3.54. The highest BCUT2D eigenvalue weighted by molar-refractivity contribution is 6.25. The van der Waals surface area contributed by atoms with E-state index in [-0.39, 0.29) is 5.91 Å². The first-order valence-electron chi connectivity index (χ1n) is 14.8. The summed E-state index contributed by atoms with van der Waals surface area (Å²) in [6, 6.07) is 31.6. The van der Waals surface area contributed by atoms with Crippen LogP contribution in [0.25, 0.3) is 12.2 Å². The minimum absolute atomic E-state index is 0.366. The molecule has 4 atom stereocenters. The molecule has 0 aliphatic carbocycles. The summed E-state index contributed by atoms with van der Waals surface area (Å²) >= 11 is 0. The highest BCUT2D eigenvalue weighted by Crippen LogP contribution is 2.54. The maximum atomic E-state index is 14.5. The van der Waals surface area contributed by atoms with Crippen LogP contribution in [-0.2, 0) is 32.8 Å². The van der Waals surface area contributed by atoms with Crippen molar-refractivity contribution in [3.63, 3.8) is 0 Å². The average molecular weight is 571 g/mol. The Hall–Kier alpha value is -4.81. The molecule has 2 amide bonds. The molecule has 0 spiro atoms. The first kappa shape index (κ1) is 28.3. The molecular weight excluding hydrogens is 536 g/mol. The summed E-state index contributed by atoms with van der Waals surface area (Å²) in [5.41, 5.74) is 3.85. The number of aliphatic carboxylic acids is 1. The van der Waals surface area contributed by atoms with Crippen molar-refractivity contribution < 1.29 is 19.5 Å². The number of benzene rings is 4. The fourth-order valence-electron chi connectivity index (χ4n) is 6.77. The van der Waals surface area contributed by atoms with Crippen molar-refractivity contribution in [1.82, 2.24) is 5.32 Å². The monoisotopic (exact) mass is 570 g/mol. The first-order chi connectivity index (χ1) is 20.9. The molecule has 43 heavy (non-hydrogen) atoms. The number of aryl methyl sites for hydroxylation is 2. The van der Waals surface area contributed by atoms with E-state index in [1.54, 1.807) is 24.3 Å². The Kier molecular flexibility index (Phi) is 7.55. The van der Waals surface area contributed by atoms with E-state index in [9.17, 15) is 19.5 Å². The Balaban J connectivity index is 1.46. The number of nitrogens with one attached hydrogen (secondary N) is 1. The molecule has 2 aliphatic rings. The zero-order valence-electron chi connectivity index (χ0n) is 24.2. The summed E-state index contributed by atoms with van der Waals surface area (Å²) in [7, 11) is 0. The van der Waals surface area contributed by atoms with E-state index in [2.05, 4.69) is 5.32 Å². The van der Waals surface area contributed by atoms with E-state index in [0.29, 0.717) is 24.1 Å². The number of hydrogen-bond acceptors (Lipinski definition) is 4. The van der Waals surface area contributed by atoms with Crippen LogP contribution in [0.15, 0.2) is 103 Å². The molecule has 0 aromatic heterocycles. The molecule has 4 unspecified atom stereocenters. The number of carbonyl (C=O) groups excluding carboxylic acids is 2. The van der Waals surface area contributed by atoms with E-state index in [4.69, 9.17) is 0 Å². The van der Waals surface area contributed by atoms with E-state index in [0.717, 1.165) is 27.8 Å². The maximum absolute atomic E-state index is 14.5. The molecule has 2 aliphatic heterocycles. The van der Waals surface area contributed by atoms with Gasteiger partial charge in [0.2, 0.25) is 11.8 Å². The van der Waals surface area contributed by atoms with Crippen LogP contribution in [0.1, 0.15) is 53.3 Å². The van der Waals surface area contributed by atoms with Gasteiger partial charge in [-0.25, -0.2) is 9.69 Å². The van der Waals surface area contributed by atoms with Gasteiger partial charge in [-0.1, -0.05) is 129 Å². The second-order valence-corrected chi connectivity index (χ2v) is 11.2. The third kappa shape index (κ3) is 4.68. The lowest BCUT2D eigenvalue weighted by Gasteiger charge is -2.32. The molecule has 6 rings (SSSR count). The zero-order chi connectivity index (χ0) is 30.1. The van der Waals surface area contributed by atoms with Crippen LogP contribution in [-0.4, -0.2) is 22.9 Å². The van der Waals surface area contributed by atoms with E-state index in [1.165, 1.54) is 4.90 Å². The van der Waals surface area contributed by atoms with Gasteiger partial charge in [-0.2, -0.15) is 0 Å². The molecule has 6 nitrogen and oxygen atoms in total. The number of para-hydroxylation sites is 1. The van der Waals surface area contributed by atoms with Crippen molar-refractivity contribution in [1.29, 1.82) is 0 Å². The van der Waals surface area contributed by atoms with Crippen molar-refractivity contribution in [2.75, 3.05) is 4.90 Å². The summed E-state index contributed by atoms with van der Waals surface area (Å²) in [4.78, 5) is 43.5. The van der Waals surface area contributed by atoms with Gasteiger partial charge in [0.15, 0.2) is 5.54 Å². The molecule has 2 N–H and O–H groups in total. The van der Waals surface area contributed by atoms with Gasteiger partial charge in [-0.3, -0.25) is 14.9 Å². The number of fused-ring (bicyclic) bond motifs is 1. The van der Waals surface area contributed by atoms with Gasteiger partial charge in [0.1, 0.15) is 0 Å². The fourth-order valence-corrected chi connectivity index (χ4v) is 6.77. The lowest BCUT2D eigenvalue weighted by atomic mass is 9.75. The van der Waals surface area contributed by atoms with Gasteiger partial charge < -0.3 is 5.11 Å². The molecular formula is C37H34N2O4. The Bertz CT molecular complexity index is 1680. The molecule has 4 aromatic rings. The molecule has 2 fully saturated rings. The first-order valence-corrected chi connectivity index (χ1v) is 14.8. The van der Waals surface area contributed by atoms with Gasteiger partial charge in [-0.05, 0) is 46.2 Å². The van der Waals surface area contributed by atoms with Gasteiger partial charge in [-0.15, -0.1) is 0 Å². The molecule has 2 heterocycles. The number of hydrogen-bond donors (Lipinski definition) is 2. The van der Waals surface area contributed by atoms with E-state index < -0.39 is 35.3 Å². The Labute approximate surface area is 251 Å². The number of nitrogens with zero attached hydrogens (tertiary/aromatic N) is 1. The molecule has 0 bridgehead atoms. The number of carboxylic acid groups (broad SMARTS) is 1. The van der Waals surface area contributed by atoms with Crippen LogP contribution in [0, 0.1) is 11.8 Å². The van der Waals surface area contributed by atoms with Crippen molar-refractivity contribution in [2.24, 2.45) is 11.8 Å². The van der Waals surface area contributed by atoms with Crippen molar-refractivity contribution in [3.8, 4) is 0 Å². The number of anilines is 1. The lowest BCUT2D eigenvalue weighted by molar-refractivity contribution is -0.149. The van der Waals surface area contributed by atoms with Crippen LogP contribution in [0.3, 0.4) is 0 Å². The van der Waals surface area contributed by atoms with Crippen molar-refractivity contribution in [3.05, 3.63) is 137 Å². The Morgan fingerprint density at radius 3 is 1.88 bits per heavy atom. The second-order valence-electron chi connectivity index (χ2n) is 11.2. The lowest BCUT2D eigenvalue weighted by Crippen LogP contribution is -2.53. The standard InChI is InChI=1S/C37H34N2O4/c1-3-26-14-11-15-27(4-2)33(26)39-34(40)30-31(35(39)41)37(36(42)43,29-16-9-6-10-17-29)38-32(30)28-22-20-25(21-23-28)19-18-24-12-7-5-8-13-24/h5-23,30-32,38H,3-4H2,1-2H3,(H,42,43). The summed E-state index contributed by atoms with van der Waals surface area (Å²) < 4.78 is 0. The molecule has 4 aromatic carbocycles. The predicted molar refractivity (Wildman–Crippen MR) is 168 cm³/mol. The van der Waals surface area contributed by atoms with Gasteiger partial charge in [0, 0.05) is 6.04 Å². The molecule has 0 radical (unpaired) electrons. The summed E-state index contributed by atoms with van der Waals surface area (Å²) in [5, 5.41) is 14.2. The third-order valence-corrected chi connectivity index (χ3v) is 8.88. The zero-order valence-corrected chi connectivity index (χ0v) is 24.2. The van der Waals surface area contributed by atoms with Crippen LogP contribution in [0.5, 0.6) is 0 Å². The van der Waals surface area contributed by atoms with Crippen LogP contribution in [0.2, 0.25) is 0 Å². The molecule has 2 saturated heterocycles. The second kappa shape index (κ2) is 11.5. The largest absolute Gasteiger partial charge is 0.480 e. The quantitative estimate of drug-likeness (QED) is 0.189. The number of imide groups is 1. The summed E-state index contributed by atoms with van der Waals surface area (Å²) in [5.74, 6) is -4.05. The topological polar surface area (TPSA) is 86.7 Å². The van der Waals surface area contributed by atoms with Crippen LogP contribution < -0.4 is 10.2 Å². The number of carbonyl (C=O) groups is 3. The summed E-state index contributed by atoms with van der Waals surface area (Å²) in [6.07, 6.45) is 5.31. The highest BCUT2D eigenvalue weighted by Gasteiger charge is 2.69. The molecule has 6 heteroatoms. The molecule has 216 valence electrons. The normalized spacial score (nSPS) is 23.2. The van der Waals surface area contributed by atoms with E-state index in [1.807, 2.05) is 105 Å².